The molecule has 0 saturated heterocycles. The van der Waals surface area contributed by atoms with Crippen LogP contribution in [0.3, 0.4) is 0 Å². The maximum atomic E-state index is 9.19. The van der Waals surface area contributed by atoms with Crippen molar-refractivity contribution in [3.63, 3.8) is 0 Å². The Morgan fingerprint density at radius 3 is 2.50 bits per heavy atom. The zero-order valence-corrected chi connectivity index (χ0v) is 11.1. The average Bonchev–Trinajstić information content (AvgIpc) is 2.38. The number of unbranched alkanes of at least 4 members (excludes halogenated alkanes) is 2. The van der Waals surface area contributed by atoms with Crippen LogP contribution in [0.2, 0.25) is 0 Å². The third-order valence-corrected chi connectivity index (χ3v) is 3.40. The lowest BCUT2D eigenvalue weighted by atomic mass is 10.0. The molecule has 0 aliphatic carbocycles. The Hall–Kier alpha value is -1.34. The molecule has 2 aromatic rings. The van der Waals surface area contributed by atoms with Gasteiger partial charge in [0.05, 0.1) is 6.10 Å². The maximum Gasteiger partial charge on any atom is 0.0512 e. The first-order chi connectivity index (χ1) is 8.75. The summed E-state index contributed by atoms with van der Waals surface area (Å²) in [5.74, 6) is 0. The highest BCUT2D eigenvalue weighted by atomic mass is 16.3. The Balaban J connectivity index is 1.84. The highest BCUT2D eigenvalue weighted by Crippen LogP contribution is 2.17. The number of hydrogen-bond donors (Lipinski definition) is 1. The van der Waals surface area contributed by atoms with Crippen molar-refractivity contribution in [1.82, 2.24) is 0 Å². The first kappa shape index (κ1) is 13.1. The highest BCUT2D eigenvalue weighted by molar-refractivity contribution is 5.82. The van der Waals surface area contributed by atoms with Gasteiger partial charge in [-0.15, -0.1) is 0 Å². The number of aliphatic hydroxyl groups is 1. The molecule has 0 radical (unpaired) electrons. The van der Waals surface area contributed by atoms with Crippen LogP contribution in [0.4, 0.5) is 0 Å². The van der Waals surface area contributed by atoms with Gasteiger partial charge in [-0.2, -0.15) is 0 Å². The topological polar surface area (TPSA) is 20.2 Å². The first-order valence-electron chi connectivity index (χ1n) is 6.91. The van der Waals surface area contributed by atoms with E-state index in [1.54, 1.807) is 0 Å². The molecule has 0 aliphatic rings. The lowest BCUT2D eigenvalue weighted by Crippen LogP contribution is -1.98. The van der Waals surface area contributed by atoms with Gasteiger partial charge in [-0.05, 0) is 42.5 Å². The number of aliphatic hydroxyl groups excluding tert-OH is 1. The minimum absolute atomic E-state index is 0.148. The molecule has 0 bridgehead atoms. The van der Waals surface area contributed by atoms with Crippen molar-refractivity contribution in [3.8, 4) is 0 Å². The Labute approximate surface area is 109 Å². The molecule has 0 heterocycles. The van der Waals surface area contributed by atoms with E-state index in [-0.39, 0.29) is 6.10 Å². The molecule has 0 aromatic heterocycles. The summed E-state index contributed by atoms with van der Waals surface area (Å²) in [7, 11) is 0. The second-order valence-electron chi connectivity index (χ2n) is 5.13. The van der Waals surface area contributed by atoms with Crippen LogP contribution in [0.25, 0.3) is 10.8 Å². The molecule has 0 fully saturated rings. The van der Waals surface area contributed by atoms with E-state index in [4.69, 9.17) is 0 Å². The van der Waals surface area contributed by atoms with Crippen LogP contribution >= 0.6 is 0 Å². The highest BCUT2D eigenvalue weighted by Gasteiger charge is 1.98. The number of aryl methyl sites for hydroxylation is 1. The minimum Gasteiger partial charge on any atom is -0.393 e. The summed E-state index contributed by atoms with van der Waals surface area (Å²) in [6.07, 6.45) is 5.47. The molecular weight excluding hydrogens is 220 g/mol. The Kier molecular flexibility index (Phi) is 4.77. The van der Waals surface area contributed by atoms with Gasteiger partial charge in [-0.3, -0.25) is 0 Å². The molecule has 0 spiro atoms. The van der Waals surface area contributed by atoms with Crippen LogP contribution in [0.15, 0.2) is 42.5 Å². The van der Waals surface area contributed by atoms with Gasteiger partial charge in [0.15, 0.2) is 0 Å². The second-order valence-corrected chi connectivity index (χ2v) is 5.13. The van der Waals surface area contributed by atoms with E-state index in [1.807, 2.05) is 6.92 Å². The largest absolute Gasteiger partial charge is 0.393 e. The number of benzene rings is 2. The maximum absolute atomic E-state index is 9.19. The van der Waals surface area contributed by atoms with Crippen LogP contribution in [0, 0.1) is 0 Å². The molecule has 2 aromatic carbocycles. The van der Waals surface area contributed by atoms with E-state index in [2.05, 4.69) is 42.5 Å². The van der Waals surface area contributed by atoms with E-state index in [1.165, 1.54) is 29.2 Å². The molecule has 0 aliphatic heterocycles. The summed E-state index contributed by atoms with van der Waals surface area (Å²) >= 11 is 0. The summed E-state index contributed by atoms with van der Waals surface area (Å²) in [6, 6.07) is 15.2. The van der Waals surface area contributed by atoms with Crippen LogP contribution in [-0.4, -0.2) is 11.2 Å². The summed E-state index contributed by atoms with van der Waals surface area (Å²) in [4.78, 5) is 0. The van der Waals surface area contributed by atoms with Gasteiger partial charge >= 0.3 is 0 Å². The molecule has 1 atom stereocenters. The van der Waals surface area contributed by atoms with Gasteiger partial charge in [-0.1, -0.05) is 55.3 Å². The molecule has 0 saturated carbocycles. The molecule has 2 rings (SSSR count). The van der Waals surface area contributed by atoms with E-state index >= 15 is 0 Å². The molecule has 96 valence electrons. The van der Waals surface area contributed by atoms with Gasteiger partial charge in [-0.25, -0.2) is 0 Å². The fourth-order valence-electron chi connectivity index (χ4n) is 2.34. The van der Waals surface area contributed by atoms with E-state index in [0.29, 0.717) is 0 Å². The smallest absolute Gasteiger partial charge is 0.0512 e. The molecule has 18 heavy (non-hydrogen) atoms. The number of hydrogen-bond acceptors (Lipinski definition) is 1. The summed E-state index contributed by atoms with van der Waals surface area (Å²) in [6.45, 7) is 1.86. The summed E-state index contributed by atoms with van der Waals surface area (Å²) < 4.78 is 0. The molecule has 0 amide bonds. The van der Waals surface area contributed by atoms with Crippen molar-refractivity contribution in [2.45, 2.75) is 45.1 Å². The van der Waals surface area contributed by atoms with E-state index in [9.17, 15) is 5.11 Å². The van der Waals surface area contributed by atoms with Crippen molar-refractivity contribution in [1.29, 1.82) is 0 Å². The van der Waals surface area contributed by atoms with Crippen LogP contribution in [-0.2, 0) is 6.42 Å². The average molecular weight is 242 g/mol. The van der Waals surface area contributed by atoms with Gasteiger partial charge in [0, 0.05) is 0 Å². The Morgan fingerprint density at radius 2 is 1.72 bits per heavy atom. The monoisotopic (exact) mass is 242 g/mol. The Bertz CT molecular complexity index is 488. The van der Waals surface area contributed by atoms with Crippen LogP contribution in [0.1, 0.15) is 38.2 Å². The van der Waals surface area contributed by atoms with Crippen molar-refractivity contribution in [3.05, 3.63) is 48.0 Å². The number of fused-ring (bicyclic) bond motifs is 1. The SMILES string of the molecule is CC(O)CCCCCc1ccc2ccccc2c1. The zero-order chi connectivity index (χ0) is 12.8. The standard InChI is InChI=1S/C17H22O/c1-14(18)7-3-2-4-8-15-11-12-16-9-5-6-10-17(16)13-15/h5-6,9-14,18H,2-4,7-8H2,1H3. The summed E-state index contributed by atoms with van der Waals surface area (Å²) in [5, 5.41) is 11.8. The van der Waals surface area contributed by atoms with Gasteiger partial charge in [0.2, 0.25) is 0 Å². The van der Waals surface area contributed by atoms with Crippen molar-refractivity contribution in [2.24, 2.45) is 0 Å². The van der Waals surface area contributed by atoms with Crippen molar-refractivity contribution >= 4 is 10.8 Å². The lowest BCUT2D eigenvalue weighted by molar-refractivity contribution is 0.180. The van der Waals surface area contributed by atoms with Crippen molar-refractivity contribution < 1.29 is 5.11 Å². The van der Waals surface area contributed by atoms with Crippen molar-refractivity contribution in [2.75, 3.05) is 0 Å². The van der Waals surface area contributed by atoms with Gasteiger partial charge in [0.1, 0.15) is 0 Å². The molecule has 1 N–H and O–H groups in total. The fourth-order valence-corrected chi connectivity index (χ4v) is 2.34. The Morgan fingerprint density at radius 1 is 0.944 bits per heavy atom. The molecule has 1 nitrogen and oxygen atoms in total. The predicted octanol–water partition coefficient (Wildman–Crippen LogP) is 4.32. The normalized spacial score (nSPS) is 12.8. The second kappa shape index (κ2) is 6.55. The van der Waals surface area contributed by atoms with E-state index < -0.39 is 0 Å². The summed E-state index contributed by atoms with van der Waals surface area (Å²) in [5.41, 5.74) is 1.42. The molecule has 1 unspecified atom stereocenters. The van der Waals surface area contributed by atoms with Crippen LogP contribution in [0.5, 0.6) is 0 Å². The van der Waals surface area contributed by atoms with Gasteiger partial charge < -0.3 is 5.11 Å². The lowest BCUT2D eigenvalue weighted by Gasteiger charge is -2.05. The minimum atomic E-state index is -0.148. The quantitative estimate of drug-likeness (QED) is 0.748. The third-order valence-electron chi connectivity index (χ3n) is 3.40. The fraction of sp³-hybridized carbons (Fsp3) is 0.412. The van der Waals surface area contributed by atoms with Crippen LogP contribution < -0.4 is 0 Å². The third kappa shape index (κ3) is 3.85. The molecular formula is C17H22O. The van der Waals surface area contributed by atoms with E-state index in [0.717, 1.165) is 19.3 Å². The van der Waals surface area contributed by atoms with Gasteiger partial charge in [0.25, 0.3) is 0 Å². The predicted molar refractivity (Wildman–Crippen MR) is 77.8 cm³/mol. The first-order valence-corrected chi connectivity index (χ1v) is 6.91. The zero-order valence-electron chi connectivity index (χ0n) is 11.1. The number of rotatable bonds is 6. The molecule has 1 heteroatoms.